The van der Waals surface area contributed by atoms with E-state index >= 15 is 0 Å². The number of methoxy groups -OCH3 is 1. The molecule has 1 aromatic rings. The Bertz CT molecular complexity index is 796. The highest BCUT2D eigenvalue weighted by Gasteiger charge is 2.79. The number of hydrogen-bond donors (Lipinski definition) is 0. The molecule has 2 fully saturated rings. The van der Waals surface area contributed by atoms with Crippen LogP contribution >= 0.6 is 0 Å². The average molecular weight is 386 g/mol. The van der Waals surface area contributed by atoms with Crippen molar-refractivity contribution in [3.63, 3.8) is 0 Å². The molecule has 0 radical (unpaired) electrons. The summed E-state index contributed by atoms with van der Waals surface area (Å²) in [5.41, 5.74) is 0.390. The molecule has 152 valence electrons. The number of furan rings is 1. The molecule has 4 rings (SSSR count). The molecule has 0 saturated heterocycles. The van der Waals surface area contributed by atoms with Crippen LogP contribution in [0.2, 0.25) is 0 Å². The summed E-state index contributed by atoms with van der Waals surface area (Å²) in [6.45, 7) is 6.08. The zero-order chi connectivity index (χ0) is 20.2. The first-order valence-corrected chi connectivity index (χ1v) is 10.3. The molecule has 0 aliphatic heterocycles. The van der Waals surface area contributed by atoms with Crippen molar-refractivity contribution >= 4 is 11.9 Å². The Morgan fingerprint density at radius 1 is 1.36 bits per heavy atom. The lowest BCUT2D eigenvalue weighted by atomic mass is 9.50. The largest absolute Gasteiger partial charge is 0.472 e. The van der Waals surface area contributed by atoms with Gasteiger partial charge in [0.2, 0.25) is 0 Å². The number of carbonyl (C=O) groups is 2. The van der Waals surface area contributed by atoms with Gasteiger partial charge in [0.25, 0.3) is 0 Å². The molecule has 2 saturated carbocycles. The van der Waals surface area contributed by atoms with E-state index in [1.807, 2.05) is 18.2 Å². The van der Waals surface area contributed by atoms with E-state index in [9.17, 15) is 9.59 Å². The minimum absolute atomic E-state index is 0.0594. The summed E-state index contributed by atoms with van der Waals surface area (Å²) in [4.78, 5) is 24.6. The normalized spacial score (nSPS) is 40.9. The van der Waals surface area contributed by atoms with Crippen LogP contribution in [0.5, 0.6) is 0 Å². The summed E-state index contributed by atoms with van der Waals surface area (Å²) in [7, 11) is 1.47. The summed E-state index contributed by atoms with van der Waals surface area (Å²) in [6, 6.07) is 2.01. The van der Waals surface area contributed by atoms with Gasteiger partial charge in [-0.25, -0.2) is 0 Å². The average Bonchev–Trinajstić information content (AvgIpc) is 3.04. The summed E-state index contributed by atoms with van der Waals surface area (Å²) in [6.07, 6.45) is 11.8. The number of hydrogen-bond acceptors (Lipinski definition) is 5. The van der Waals surface area contributed by atoms with Gasteiger partial charge in [-0.2, -0.15) is 0 Å². The molecule has 0 aromatic carbocycles. The third kappa shape index (κ3) is 2.58. The van der Waals surface area contributed by atoms with E-state index in [1.54, 1.807) is 12.5 Å². The molecule has 1 spiro atoms. The van der Waals surface area contributed by atoms with Crippen LogP contribution in [0, 0.1) is 28.1 Å². The number of esters is 2. The van der Waals surface area contributed by atoms with Crippen LogP contribution in [0.3, 0.4) is 0 Å². The topological polar surface area (TPSA) is 65.7 Å². The summed E-state index contributed by atoms with van der Waals surface area (Å²) in [5, 5.41) is 0. The number of ether oxygens (including phenoxy) is 2. The Kier molecular flexibility index (Phi) is 4.48. The molecule has 1 heterocycles. The molecule has 0 bridgehead atoms. The predicted octanol–water partition coefficient (Wildman–Crippen LogP) is 4.32. The van der Waals surface area contributed by atoms with Crippen molar-refractivity contribution in [2.24, 2.45) is 28.1 Å². The maximum Gasteiger partial charge on any atom is 0.316 e. The van der Waals surface area contributed by atoms with Gasteiger partial charge in [-0.3, -0.25) is 9.59 Å². The van der Waals surface area contributed by atoms with Crippen molar-refractivity contribution in [2.75, 3.05) is 7.11 Å². The summed E-state index contributed by atoms with van der Waals surface area (Å²) < 4.78 is 16.2. The first-order valence-electron chi connectivity index (χ1n) is 10.3. The van der Waals surface area contributed by atoms with Gasteiger partial charge in [-0.05, 0) is 66.6 Å². The predicted molar refractivity (Wildman–Crippen MR) is 103 cm³/mol. The van der Waals surface area contributed by atoms with Gasteiger partial charge in [0.15, 0.2) is 0 Å². The van der Waals surface area contributed by atoms with Crippen LogP contribution in [0.4, 0.5) is 0 Å². The molecule has 0 amide bonds. The monoisotopic (exact) mass is 386 g/mol. The summed E-state index contributed by atoms with van der Waals surface area (Å²) in [5.74, 6) is 0.146. The van der Waals surface area contributed by atoms with Crippen molar-refractivity contribution in [1.82, 2.24) is 0 Å². The smallest absolute Gasteiger partial charge is 0.316 e. The fourth-order valence-corrected chi connectivity index (χ4v) is 6.41. The van der Waals surface area contributed by atoms with Crippen LogP contribution in [0.1, 0.15) is 52.0 Å². The minimum Gasteiger partial charge on any atom is -0.472 e. The van der Waals surface area contributed by atoms with Crippen LogP contribution in [-0.4, -0.2) is 25.2 Å². The number of carbonyl (C=O) groups excluding carboxylic acids is 2. The van der Waals surface area contributed by atoms with Crippen LogP contribution in [-0.2, 0) is 25.5 Å². The van der Waals surface area contributed by atoms with Gasteiger partial charge in [0, 0.05) is 12.8 Å². The lowest BCUT2D eigenvalue weighted by molar-refractivity contribution is -0.163. The third-order valence-electron chi connectivity index (χ3n) is 8.10. The highest BCUT2D eigenvalue weighted by molar-refractivity contribution is 5.85. The Morgan fingerprint density at radius 3 is 2.79 bits per heavy atom. The van der Waals surface area contributed by atoms with E-state index in [0.717, 1.165) is 32.1 Å². The molecule has 3 aliphatic carbocycles. The van der Waals surface area contributed by atoms with Crippen LogP contribution in [0.25, 0.3) is 0 Å². The molecule has 2 unspecified atom stereocenters. The Balaban J connectivity index is 1.73. The summed E-state index contributed by atoms with van der Waals surface area (Å²) >= 11 is 0. The fraction of sp³-hybridized carbons (Fsp3) is 0.652. The quantitative estimate of drug-likeness (QED) is 0.557. The third-order valence-corrected chi connectivity index (χ3v) is 8.10. The second-order valence-electron chi connectivity index (χ2n) is 9.28. The lowest BCUT2D eigenvalue weighted by Crippen LogP contribution is -2.54. The standard InChI is InChI=1S/C23H30O5/c1-15-5-10-22-14-23(22,20(25)26-4)11-7-18(28-16(2)24)19(22)21(15,3)9-6-17-8-12-27-13-17/h7-8,11-13,15,18-19H,5-6,9-10,14H2,1-4H3/t15?,18?,19-,21-,22-,23-/m0/s1. The van der Waals surface area contributed by atoms with E-state index in [4.69, 9.17) is 13.9 Å². The Labute approximate surface area is 166 Å². The molecular formula is C23H30O5. The van der Waals surface area contributed by atoms with E-state index in [-0.39, 0.29) is 34.8 Å². The second-order valence-corrected chi connectivity index (χ2v) is 9.28. The fourth-order valence-electron chi connectivity index (χ4n) is 6.41. The van der Waals surface area contributed by atoms with Gasteiger partial charge >= 0.3 is 11.9 Å². The van der Waals surface area contributed by atoms with Gasteiger partial charge in [0.05, 0.1) is 25.1 Å². The zero-order valence-electron chi connectivity index (χ0n) is 17.2. The van der Waals surface area contributed by atoms with Crippen LogP contribution in [0.15, 0.2) is 35.2 Å². The van der Waals surface area contributed by atoms with Gasteiger partial charge < -0.3 is 13.9 Å². The van der Waals surface area contributed by atoms with Crippen molar-refractivity contribution in [2.45, 2.75) is 59.0 Å². The van der Waals surface area contributed by atoms with Gasteiger partial charge in [-0.1, -0.05) is 19.9 Å². The Morgan fingerprint density at radius 2 is 2.14 bits per heavy atom. The van der Waals surface area contributed by atoms with E-state index < -0.39 is 5.41 Å². The molecule has 3 aliphatic rings. The molecular weight excluding hydrogens is 356 g/mol. The first kappa shape index (κ1) is 19.3. The van der Waals surface area contributed by atoms with E-state index in [2.05, 4.69) is 13.8 Å². The first-order chi connectivity index (χ1) is 13.3. The highest BCUT2D eigenvalue weighted by Crippen LogP contribution is 2.79. The SMILES string of the molecule is COC(=O)[C@@]12C=CC(OC(C)=O)[C@@H]3[C@]1(CCC(C)[C@]3(C)CCc1ccoc1)C2. The lowest BCUT2D eigenvalue weighted by Gasteiger charge is -2.55. The molecule has 5 nitrogen and oxygen atoms in total. The van der Waals surface area contributed by atoms with Gasteiger partial charge in [-0.15, -0.1) is 0 Å². The van der Waals surface area contributed by atoms with Gasteiger partial charge in [0.1, 0.15) is 6.10 Å². The van der Waals surface area contributed by atoms with Crippen molar-refractivity contribution in [3.8, 4) is 0 Å². The number of rotatable bonds is 5. The van der Waals surface area contributed by atoms with Crippen LogP contribution < -0.4 is 0 Å². The maximum absolute atomic E-state index is 12.8. The van der Waals surface area contributed by atoms with Crippen molar-refractivity contribution in [1.29, 1.82) is 0 Å². The van der Waals surface area contributed by atoms with E-state index in [0.29, 0.717) is 5.92 Å². The number of aryl methyl sites for hydroxylation is 1. The molecule has 1 aromatic heterocycles. The minimum atomic E-state index is -0.555. The van der Waals surface area contributed by atoms with Crippen molar-refractivity contribution < 1.29 is 23.5 Å². The molecule has 6 atom stereocenters. The Hall–Kier alpha value is -2.04. The molecule has 5 heteroatoms. The van der Waals surface area contributed by atoms with Crippen molar-refractivity contribution in [3.05, 3.63) is 36.3 Å². The van der Waals surface area contributed by atoms with E-state index in [1.165, 1.54) is 19.6 Å². The molecule has 28 heavy (non-hydrogen) atoms. The highest BCUT2D eigenvalue weighted by atomic mass is 16.5. The molecule has 0 N–H and O–H groups in total. The second kappa shape index (κ2) is 6.50. The zero-order valence-corrected chi connectivity index (χ0v) is 17.2. The maximum atomic E-state index is 12.8.